The number of carbonyl (C=O) groups is 2. The Morgan fingerprint density at radius 2 is 1.67 bits per heavy atom. The average Bonchev–Trinajstić information content (AvgIpc) is 2.84. The van der Waals surface area contributed by atoms with E-state index in [1.165, 1.54) is 12.2 Å². The molecule has 0 fully saturated rings. The van der Waals surface area contributed by atoms with Crippen LogP contribution in [-0.4, -0.2) is 21.8 Å². The molecule has 4 rings (SSSR count). The van der Waals surface area contributed by atoms with E-state index in [0.717, 1.165) is 22.2 Å². The van der Waals surface area contributed by atoms with Crippen LogP contribution in [0.3, 0.4) is 0 Å². The Kier molecular flexibility index (Phi) is 6.55. The number of aromatic nitrogens is 2. The lowest BCUT2D eigenvalue weighted by atomic mass is 10.1. The SMILES string of the molecule is Cc1ccc(C)c(NC(=O)[C@@H](OC(=O)/C=C/c2cnc3ccccc3n2)c2ccccc2)c1. The lowest BCUT2D eigenvalue weighted by molar-refractivity contribution is -0.149. The molecule has 0 bridgehead atoms. The number of esters is 1. The fourth-order valence-electron chi connectivity index (χ4n) is 3.33. The number of nitrogens with zero attached hydrogens (tertiary/aromatic N) is 2. The number of anilines is 1. The zero-order valence-corrected chi connectivity index (χ0v) is 18.4. The Hall–Kier alpha value is -4.32. The van der Waals surface area contributed by atoms with E-state index in [9.17, 15) is 9.59 Å². The summed E-state index contributed by atoms with van der Waals surface area (Å²) in [7, 11) is 0. The van der Waals surface area contributed by atoms with E-state index in [2.05, 4.69) is 15.3 Å². The van der Waals surface area contributed by atoms with Crippen molar-refractivity contribution in [2.75, 3.05) is 5.32 Å². The van der Waals surface area contributed by atoms with E-state index < -0.39 is 18.0 Å². The Morgan fingerprint density at radius 3 is 2.45 bits per heavy atom. The standard InChI is InChI=1S/C27H23N3O3/c1-18-12-13-19(2)24(16-18)30-27(32)26(20-8-4-3-5-9-20)33-25(31)15-14-21-17-28-22-10-6-7-11-23(22)29-21/h3-17,26H,1-2H3,(H,30,32)/b15-14+/t26-/m0/s1. The molecule has 3 aromatic carbocycles. The van der Waals surface area contributed by atoms with Gasteiger partial charge in [0, 0.05) is 17.3 Å². The lowest BCUT2D eigenvalue weighted by Crippen LogP contribution is -2.25. The van der Waals surface area contributed by atoms with E-state index in [0.29, 0.717) is 16.9 Å². The van der Waals surface area contributed by atoms with Crippen molar-refractivity contribution >= 4 is 34.7 Å². The van der Waals surface area contributed by atoms with Gasteiger partial charge in [0.2, 0.25) is 6.10 Å². The Balaban J connectivity index is 1.53. The number of hydrogen-bond acceptors (Lipinski definition) is 5. The highest BCUT2D eigenvalue weighted by Gasteiger charge is 2.24. The van der Waals surface area contributed by atoms with Crippen LogP contribution in [0.2, 0.25) is 0 Å². The van der Waals surface area contributed by atoms with Crippen LogP contribution in [0.1, 0.15) is 28.5 Å². The van der Waals surface area contributed by atoms with Gasteiger partial charge in [0.1, 0.15) is 0 Å². The lowest BCUT2D eigenvalue weighted by Gasteiger charge is -2.18. The predicted molar refractivity (Wildman–Crippen MR) is 128 cm³/mol. The molecular weight excluding hydrogens is 414 g/mol. The number of carbonyl (C=O) groups excluding carboxylic acids is 2. The van der Waals surface area contributed by atoms with Gasteiger partial charge >= 0.3 is 5.97 Å². The number of amides is 1. The highest BCUT2D eigenvalue weighted by molar-refractivity contribution is 5.98. The maximum atomic E-state index is 13.1. The first-order valence-corrected chi connectivity index (χ1v) is 10.5. The van der Waals surface area contributed by atoms with Gasteiger partial charge in [-0.3, -0.25) is 9.78 Å². The van der Waals surface area contributed by atoms with Crippen LogP contribution in [0.15, 0.2) is 85.1 Å². The van der Waals surface area contributed by atoms with Crippen molar-refractivity contribution in [3.05, 3.63) is 107 Å². The van der Waals surface area contributed by atoms with Crippen LogP contribution >= 0.6 is 0 Å². The number of aryl methyl sites for hydroxylation is 2. The summed E-state index contributed by atoms with van der Waals surface area (Å²) >= 11 is 0. The number of hydrogen-bond donors (Lipinski definition) is 1. The molecule has 0 aliphatic rings. The molecule has 0 saturated heterocycles. The summed E-state index contributed by atoms with van der Waals surface area (Å²) in [6, 6.07) is 22.2. The first-order chi connectivity index (χ1) is 16.0. The molecule has 1 N–H and O–H groups in total. The van der Waals surface area contributed by atoms with E-state index in [-0.39, 0.29) is 0 Å². The smallest absolute Gasteiger partial charge is 0.331 e. The van der Waals surface area contributed by atoms with Gasteiger partial charge in [-0.05, 0) is 49.2 Å². The minimum atomic E-state index is -1.11. The topological polar surface area (TPSA) is 81.2 Å². The van der Waals surface area contributed by atoms with Crippen LogP contribution in [0.25, 0.3) is 17.1 Å². The Labute approximate surface area is 192 Å². The monoisotopic (exact) mass is 437 g/mol. The second-order valence-corrected chi connectivity index (χ2v) is 7.65. The van der Waals surface area contributed by atoms with Crippen LogP contribution in [-0.2, 0) is 14.3 Å². The average molecular weight is 437 g/mol. The molecular formula is C27H23N3O3. The van der Waals surface area contributed by atoms with Crippen molar-refractivity contribution in [3.63, 3.8) is 0 Å². The molecule has 0 aliphatic carbocycles. The fraction of sp³-hybridized carbons (Fsp3) is 0.111. The summed E-state index contributed by atoms with van der Waals surface area (Å²) in [6.45, 7) is 3.86. The first kappa shape index (κ1) is 21.9. The summed E-state index contributed by atoms with van der Waals surface area (Å²) in [5.74, 6) is -1.09. The molecule has 1 atom stereocenters. The molecule has 6 nitrogen and oxygen atoms in total. The van der Waals surface area contributed by atoms with Crippen LogP contribution in [0, 0.1) is 13.8 Å². The van der Waals surface area contributed by atoms with Gasteiger partial charge in [0.25, 0.3) is 5.91 Å². The number of rotatable bonds is 6. The van der Waals surface area contributed by atoms with Gasteiger partial charge in [0.15, 0.2) is 0 Å². The van der Waals surface area contributed by atoms with E-state index in [1.807, 2.05) is 62.4 Å². The van der Waals surface area contributed by atoms with Gasteiger partial charge in [-0.1, -0.05) is 54.6 Å². The largest absolute Gasteiger partial charge is 0.444 e. The molecule has 0 spiro atoms. The quantitative estimate of drug-likeness (QED) is 0.332. The zero-order chi connectivity index (χ0) is 23.2. The van der Waals surface area contributed by atoms with Crippen molar-refractivity contribution in [1.29, 1.82) is 0 Å². The zero-order valence-electron chi connectivity index (χ0n) is 18.4. The number of ether oxygens (including phenoxy) is 1. The highest BCUT2D eigenvalue weighted by atomic mass is 16.5. The summed E-state index contributed by atoms with van der Waals surface area (Å²) in [4.78, 5) is 34.5. The number of nitrogens with one attached hydrogen (secondary N) is 1. The van der Waals surface area contributed by atoms with Crippen LogP contribution in [0.5, 0.6) is 0 Å². The molecule has 6 heteroatoms. The fourth-order valence-corrected chi connectivity index (χ4v) is 3.33. The molecule has 0 saturated carbocycles. The third kappa shape index (κ3) is 5.49. The predicted octanol–water partition coefficient (Wildman–Crippen LogP) is 5.18. The summed E-state index contributed by atoms with van der Waals surface area (Å²) in [5, 5.41) is 2.89. The minimum Gasteiger partial charge on any atom is -0.444 e. The molecule has 1 amide bonds. The minimum absolute atomic E-state index is 0.429. The van der Waals surface area contributed by atoms with E-state index in [4.69, 9.17) is 4.74 Å². The maximum Gasteiger partial charge on any atom is 0.331 e. The van der Waals surface area contributed by atoms with Crippen LogP contribution in [0.4, 0.5) is 5.69 Å². The van der Waals surface area contributed by atoms with Crippen LogP contribution < -0.4 is 5.32 Å². The highest BCUT2D eigenvalue weighted by Crippen LogP contribution is 2.23. The van der Waals surface area contributed by atoms with E-state index >= 15 is 0 Å². The number of fused-ring (bicyclic) bond motifs is 1. The normalized spacial score (nSPS) is 11.9. The molecule has 0 aliphatic heterocycles. The summed E-state index contributed by atoms with van der Waals surface area (Å²) < 4.78 is 5.56. The third-order valence-electron chi connectivity index (χ3n) is 5.08. The molecule has 1 aromatic heterocycles. The summed E-state index contributed by atoms with van der Waals surface area (Å²) in [6.07, 6.45) is 3.24. The van der Waals surface area contributed by atoms with Gasteiger partial charge in [0.05, 0.1) is 22.9 Å². The van der Waals surface area contributed by atoms with Crippen molar-refractivity contribution in [2.24, 2.45) is 0 Å². The summed E-state index contributed by atoms with van der Waals surface area (Å²) in [5.41, 5.74) is 5.20. The van der Waals surface area contributed by atoms with Crippen molar-refractivity contribution in [3.8, 4) is 0 Å². The molecule has 0 radical (unpaired) electrons. The molecule has 1 heterocycles. The molecule has 33 heavy (non-hydrogen) atoms. The van der Waals surface area contributed by atoms with Gasteiger partial charge in [-0.15, -0.1) is 0 Å². The van der Waals surface area contributed by atoms with Crippen molar-refractivity contribution in [1.82, 2.24) is 9.97 Å². The first-order valence-electron chi connectivity index (χ1n) is 10.5. The number of para-hydroxylation sites is 2. The number of benzene rings is 3. The van der Waals surface area contributed by atoms with Gasteiger partial charge < -0.3 is 10.1 Å². The van der Waals surface area contributed by atoms with Crippen molar-refractivity contribution in [2.45, 2.75) is 20.0 Å². The van der Waals surface area contributed by atoms with Gasteiger partial charge in [-0.25, -0.2) is 9.78 Å². The Bertz CT molecular complexity index is 1330. The van der Waals surface area contributed by atoms with Crippen molar-refractivity contribution < 1.29 is 14.3 Å². The Morgan fingerprint density at radius 1 is 0.939 bits per heavy atom. The second kappa shape index (κ2) is 9.87. The molecule has 164 valence electrons. The molecule has 0 unspecified atom stereocenters. The van der Waals surface area contributed by atoms with E-state index in [1.54, 1.807) is 30.5 Å². The third-order valence-corrected chi connectivity index (χ3v) is 5.08. The second-order valence-electron chi connectivity index (χ2n) is 7.65. The molecule has 4 aromatic rings. The maximum absolute atomic E-state index is 13.1. The van der Waals surface area contributed by atoms with Gasteiger partial charge in [-0.2, -0.15) is 0 Å².